The van der Waals surface area contributed by atoms with Gasteiger partial charge in [-0.25, -0.2) is 4.79 Å². The van der Waals surface area contributed by atoms with Gasteiger partial charge in [-0.15, -0.1) is 0 Å². The number of benzene rings is 3. The molecule has 0 spiro atoms. The molecule has 0 aliphatic rings. The summed E-state index contributed by atoms with van der Waals surface area (Å²) in [6.45, 7) is 0. The predicted octanol–water partition coefficient (Wildman–Crippen LogP) is 4.34. The van der Waals surface area contributed by atoms with Crippen LogP contribution in [0.2, 0.25) is 5.02 Å². The van der Waals surface area contributed by atoms with Crippen LogP contribution >= 0.6 is 11.6 Å². The summed E-state index contributed by atoms with van der Waals surface area (Å²) in [5, 5.41) is 13.5. The standard InChI is InChI=1S/C15H9ClO2/c16-14-8-9-5-6-10(15(17)18)7-13(9)11-3-1-2-4-12(11)14/h1-8H,(H,17,18). The average Bonchev–Trinajstić information content (AvgIpc) is 2.38. The largest absolute Gasteiger partial charge is 0.478 e. The summed E-state index contributed by atoms with van der Waals surface area (Å²) in [6.07, 6.45) is 0. The van der Waals surface area contributed by atoms with Gasteiger partial charge in [-0.1, -0.05) is 41.9 Å². The van der Waals surface area contributed by atoms with Crippen LogP contribution in [0.3, 0.4) is 0 Å². The molecule has 0 heterocycles. The van der Waals surface area contributed by atoms with E-state index in [1.54, 1.807) is 18.2 Å². The fourth-order valence-electron chi connectivity index (χ4n) is 2.19. The highest BCUT2D eigenvalue weighted by Crippen LogP contribution is 2.32. The molecule has 0 amide bonds. The van der Waals surface area contributed by atoms with Crippen LogP contribution in [0.5, 0.6) is 0 Å². The number of carboxylic acid groups (broad SMARTS) is 1. The molecule has 3 rings (SSSR count). The number of hydrogen-bond acceptors (Lipinski definition) is 1. The number of rotatable bonds is 1. The minimum absolute atomic E-state index is 0.287. The molecule has 0 saturated carbocycles. The van der Waals surface area contributed by atoms with Crippen molar-refractivity contribution in [2.75, 3.05) is 0 Å². The third-order valence-electron chi connectivity index (χ3n) is 3.06. The third-order valence-corrected chi connectivity index (χ3v) is 3.37. The molecule has 0 aliphatic carbocycles. The van der Waals surface area contributed by atoms with E-state index in [0.717, 1.165) is 21.5 Å². The van der Waals surface area contributed by atoms with E-state index in [-0.39, 0.29) is 5.56 Å². The van der Waals surface area contributed by atoms with Crippen LogP contribution in [0.15, 0.2) is 48.5 Å². The summed E-state index contributed by atoms with van der Waals surface area (Å²) in [5.74, 6) is -0.920. The van der Waals surface area contributed by atoms with Crippen molar-refractivity contribution < 1.29 is 9.90 Å². The zero-order valence-electron chi connectivity index (χ0n) is 9.35. The molecular weight excluding hydrogens is 248 g/mol. The highest BCUT2D eigenvalue weighted by molar-refractivity contribution is 6.37. The quantitative estimate of drug-likeness (QED) is 0.658. The Bertz CT molecular complexity index is 778. The molecule has 0 saturated heterocycles. The molecule has 1 N–H and O–H groups in total. The Balaban J connectivity index is 2.50. The van der Waals surface area contributed by atoms with Crippen molar-refractivity contribution in [1.29, 1.82) is 0 Å². The van der Waals surface area contributed by atoms with Crippen LogP contribution in [0.25, 0.3) is 21.5 Å². The summed E-state index contributed by atoms with van der Waals surface area (Å²) in [6, 6.07) is 14.7. The number of aromatic carboxylic acids is 1. The fourth-order valence-corrected chi connectivity index (χ4v) is 2.47. The molecule has 0 aliphatic heterocycles. The van der Waals surface area contributed by atoms with Crippen LogP contribution < -0.4 is 0 Å². The summed E-state index contributed by atoms with van der Waals surface area (Å²) >= 11 is 6.22. The van der Waals surface area contributed by atoms with Gasteiger partial charge in [0.2, 0.25) is 0 Å². The Hall–Kier alpha value is -2.06. The molecule has 3 aromatic carbocycles. The SMILES string of the molecule is O=C(O)c1ccc2cc(Cl)c3ccccc3c2c1. The summed E-state index contributed by atoms with van der Waals surface area (Å²) < 4.78 is 0. The highest BCUT2D eigenvalue weighted by Gasteiger charge is 2.08. The van der Waals surface area contributed by atoms with Crippen LogP contribution in [0.4, 0.5) is 0 Å². The van der Waals surface area contributed by atoms with E-state index in [1.807, 2.05) is 30.3 Å². The maximum atomic E-state index is 11.0. The van der Waals surface area contributed by atoms with Crippen molar-refractivity contribution in [3.8, 4) is 0 Å². The number of fused-ring (bicyclic) bond motifs is 3. The number of halogens is 1. The van der Waals surface area contributed by atoms with Gasteiger partial charge in [0, 0.05) is 10.4 Å². The van der Waals surface area contributed by atoms with Gasteiger partial charge in [0.25, 0.3) is 0 Å². The smallest absolute Gasteiger partial charge is 0.335 e. The molecule has 88 valence electrons. The zero-order valence-corrected chi connectivity index (χ0v) is 10.1. The van der Waals surface area contributed by atoms with Gasteiger partial charge in [-0.3, -0.25) is 0 Å². The van der Waals surface area contributed by atoms with Gasteiger partial charge in [0.1, 0.15) is 0 Å². The Morgan fingerprint density at radius 3 is 2.39 bits per heavy atom. The monoisotopic (exact) mass is 256 g/mol. The van der Waals surface area contributed by atoms with E-state index in [1.165, 1.54) is 0 Å². The maximum Gasteiger partial charge on any atom is 0.335 e. The molecular formula is C15H9ClO2. The van der Waals surface area contributed by atoms with Crippen LogP contribution in [-0.2, 0) is 0 Å². The van der Waals surface area contributed by atoms with Gasteiger partial charge in [0.05, 0.1) is 5.56 Å². The lowest BCUT2D eigenvalue weighted by atomic mass is 10.00. The number of carboxylic acids is 1. The highest BCUT2D eigenvalue weighted by atomic mass is 35.5. The molecule has 0 aromatic heterocycles. The molecule has 3 heteroatoms. The van der Waals surface area contributed by atoms with Crippen molar-refractivity contribution >= 4 is 39.1 Å². The minimum atomic E-state index is -0.920. The van der Waals surface area contributed by atoms with Crippen LogP contribution in [0.1, 0.15) is 10.4 Å². The van der Waals surface area contributed by atoms with Crippen molar-refractivity contribution in [2.45, 2.75) is 0 Å². The predicted molar refractivity (Wildman–Crippen MR) is 73.4 cm³/mol. The van der Waals surface area contributed by atoms with Crippen LogP contribution in [-0.4, -0.2) is 11.1 Å². The van der Waals surface area contributed by atoms with E-state index in [9.17, 15) is 4.79 Å². The molecule has 0 unspecified atom stereocenters. The fraction of sp³-hybridized carbons (Fsp3) is 0. The molecule has 0 radical (unpaired) electrons. The second-order valence-electron chi connectivity index (χ2n) is 4.15. The van der Waals surface area contributed by atoms with E-state index in [4.69, 9.17) is 16.7 Å². The maximum absolute atomic E-state index is 11.0. The minimum Gasteiger partial charge on any atom is -0.478 e. The van der Waals surface area contributed by atoms with Gasteiger partial charge in [0.15, 0.2) is 0 Å². The summed E-state index contributed by atoms with van der Waals surface area (Å²) in [4.78, 5) is 11.0. The third kappa shape index (κ3) is 1.62. The Morgan fingerprint density at radius 2 is 1.67 bits per heavy atom. The van der Waals surface area contributed by atoms with Crippen molar-refractivity contribution in [3.63, 3.8) is 0 Å². The van der Waals surface area contributed by atoms with E-state index >= 15 is 0 Å². The van der Waals surface area contributed by atoms with Gasteiger partial charge in [-0.05, 0) is 34.4 Å². The Kier molecular flexibility index (Phi) is 2.46. The van der Waals surface area contributed by atoms with Crippen molar-refractivity contribution in [3.05, 3.63) is 59.1 Å². The normalized spacial score (nSPS) is 10.9. The average molecular weight is 257 g/mol. The van der Waals surface area contributed by atoms with Crippen LogP contribution in [0, 0.1) is 0 Å². The van der Waals surface area contributed by atoms with E-state index in [2.05, 4.69) is 0 Å². The van der Waals surface area contributed by atoms with E-state index in [0.29, 0.717) is 5.02 Å². The van der Waals surface area contributed by atoms with Gasteiger partial charge >= 0.3 is 5.97 Å². The van der Waals surface area contributed by atoms with Crippen molar-refractivity contribution in [2.24, 2.45) is 0 Å². The lowest BCUT2D eigenvalue weighted by Crippen LogP contribution is -1.95. The van der Waals surface area contributed by atoms with E-state index < -0.39 is 5.97 Å². The zero-order chi connectivity index (χ0) is 12.7. The second-order valence-corrected chi connectivity index (χ2v) is 4.55. The first-order valence-electron chi connectivity index (χ1n) is 5.51. The molecule has 0 atom stereocenters. The molecule has 3 aromatic rings. The summed E-state index contributed by atoms with van der Waals surface area (Å²) in [5.41, 5.74) is 0.287. The molecule has 0 fully saturated rings. The van der Waals surface area contributed by atoms with Gasteiger partial charge in [-0.2, -0.15) is 0 Å². The first kappa shape index (κ1) is 11.1. The topological polar surface area (TPSA) is 37.3 Å². The Labute approximate surface area is 108 Å². The molecule has 0 bridgehead atoms. The second kappa shape index (κ2) is 4.00. The van der Waals surface area contributed by atoms with Gasteiger partial charge < -0.3 is 5.11 Å². The molecule has 18 heavy (non-hydrogen) atoms. The number of hydrogen-bond donors (Lipinski definition) is 1. The van der Waals surface area contributed by atoms with Crippen molar-refractivity contribution in [1.82, 2.24) is 0 Å². The lowest BCUT2D eigenvalue weighted by molar-refractivity contribution is 0.0697. The lowest BCUT2D eigenvalue weighted by Gasteiger charge is -2.07. The number of carbonyl (C=O) groups is 1. The summed E-state index contributed by atoms with van der Waals surface area (Å²) in [7, 11) is 0. The molecule has 2 nitrogen and oxygen atoms in total. The Morgan fingerprint density at radius 1 is 0.944 bits per heavy atom. The first-order chi connectivity index (χ1) is 8.66. The first-order valence-corrected chi connectivity index (χ1v) is 5.89.